The van der Waals surface area contributed by atoms with Gasteiger partial charge in [-0.2, -0.15) is 4.98 Å². The van der Waals surface area contributed by atoms with E-state index in [1.54, 1.807) is 18.3 Å². The van der Waals surface area contributed by atoms with Gasteiger partial charge in [0, 0.05) is 48.1 Å². The van der Waals surface area contributed by atoms with Crippen LogP contribution in [0.3, 0.4) is 0 Å². The molecule has 0 radical (unpaired) electrons. The van der Waals surface area contributed by atoms with Gasteiger partial charge in [-0.1, -0.05) is 12.1 Å². The van der Waals surface area contributed by atoms with Crippen molar-refractivity contribution < 1.29 is 22.6 Å². The van der Waals surface area contributed by atoms with Crippen LogP contribution in [0.1, 0.15) is 43.4 Å². The summed E-state index contributed by atoms with van der Waals surface area (Å²) in [5, 5.41) is 4.02. The number of alkyl halides is 3. The molecule has 1 fully saturated rings. The molecule has 2 aromatic heterocycles. The molecule has 1 saturated heterocycles. The summed E-state index contributed by atoms with van der Waals surface area (Å²) < 4.78 is 51.0. The van der Waals surface area contributed by atoms with Crippen molar-refractivity contribution >= 4 is 17.0 Å². The van der Waals surface area contributed by atoms with E-state index in [0.717, 1.165) is 24.9 Å². The number of nitrogens with one attached hydrogen (secondary N) is 2. The number of benzene rings is 2. The minimum Gasteiger partial charge on any atom is -0.406 e. The number of hydrogen-bond acceptors (Lipinski definition) is 7. The van der Waals surface area contributed by atoms with E-state index in [-0.39, 0.29) is 29.9 Å². The number of nitrogens with two attached hydrogens (primary N) is 3. The van der Waals surface area contributed by atoms with E-state index >= 15 is 0 Å². The van der Waals surface area contributed by atoms with Gasteiger partial charge in [-0.15, -0.1) is 13.2 Å². The molecule has 0 aliphatic carbocycles. The third kappa shape index (κ3) is 8.62. The number of fused-ring (bicyclic) bond motifs is 1. The third-order valence-electron chi connectivity index (χ3n) is 7.64. The first-order valence-corrected chi connectivity index (χ1v) is 14.7. The van der Waals surface area contributed by atoms with E-state index in [4.69, 9.17) is 21.9 Å². The highest BCUT2D eigenvalue weighted by Crippen LogP contribution is 2.32. The van der Waals surface area contributed by atoms with Crippen LogP contribution in [0, 0.1) is 0 Å². The smallest absolute Gasteiger partial charge is 0.406 e. The van der Waals surface area contributed by atoms with Crippen molar-refractivity contribution in [2.75, 3.05) is 19.7 Å². The van der Waals surface area contributed by atoms with E-state index in [9.17, 15) is 18.0 Å². The van der Waals surface area contributed by atoms with Crippen LogP contribution in [0.15, 0.2) is 64.5 Å². The molecular formula is C31H37F3N8O3. The molecule has 1 aliphatic heterocycles. The summed E-state index contributed by atoms with van der Waals surface area (Å²) in [5.74, 6) is -0.276. The van der Waals surface area contributed by atoms with E-state index in [0.29, 0.717) is 59.5 Å². The molecule has 2 aromatic carbocycles. The van der Waals surface area contributed by atoms with Crippen molar-refractivity contribution in [2.45, 2.75) is 57.2 Å². The molecule has 3 atom stereocenters. The lowest BCUT2D eigenvalue weighted by Crippen LogP contribution is -2.35. The standard InChI is InChI=1S/C31H37F3N8O3/c1-18(38-8-2-9-39-29(36)37)20-3-5-24(6-4-20)42-17-22-15-27(40-28(22)41-30(42)43)21-11-19(12-25-16-23(35)7-10-44-25)13-26(14-21)45-31(32,33)34/h3-6,11,13-15,17-18,23,25,38H,2,7-10,12,16,35H2,1H3,(H4,36,37,39)(H,40,41,43)/t18-,23+,25-/m0/s1. The highest BCUT2D eigenvalue weighted by molar-refractivity contribution is 5.83. The minimum atomic E-state index is -4.86. The molecule has 14 heteroatoms. The Morgan fingerprint density at radius 1 is 1.22 bits per heavy atom. The fourth-order valence-electron chi connectivity index (χ4n) is 5.42. The zero-order valence-corrected chi connectivity index (χ0v) is 24.8. The zero-order chi connectivity index (χ0) is 32.1. The van der Waals surface area contributed by atoms with E-state index in [2.05, 4.69) is 25.0 Å². The van der Waals surface area contributed by atoms with Gasteiger partial charge in [0.15, 0.2) is 5.96 Å². The molecule has 3 heterocycles. The first kappa shape index (κ1) is 32.0. The Balaban J connectivity index is 1.37. The summed E-state index contributed by atoms with van der Waals surface area (Å²) in [6, 6.07) is 13.7. The molecule has 0 amide bonds. The number of guanidine groups is 1. The van der Waals surface area contributed by atoms with Crippen LogP contribution in [-0.4, -0.2) is 58.7 Å². The number of nitrogens with zero attached hydrogens (tertiary/aromatic N) is 3. The van der Waals surface area contributed by atoms with Crippen LogP contribution in [0.4, 0.5) is 13.2 Å². The Kier molecular flexibility index (Phi) is 9.75. The maximum absolute atomic E-state index is 13.2. The van der Waals surface area contributed by atoms with Gasteiger partial charge in [0.1, 0.15) is 11.4 Å². The molecule has 45 heavy (non-hydrogen) atoms. The van der Waals surface area contributed by atoms with Crippen LogP contribution >= 0.6 is 0 Å². The van der Waals surface area contributed by atoms with Gasteiger partial charge in [-0.3, -0.25) is 9.56 Å². The van der Waals surface area contributed by atoms with Crippen LogP contribution in [-0.2, 0) is 11.2 Å². The lowest BCUT2D eigenvalue weighted by molar-refractivity contribution is -0.274. The van der Waals surface area contributed by atoms with Gasteiger partial charge < -0.3 is 37.0 Å². The zero-order valence-electron chi connectivity index (χ0n) is 24.8. The number of hydrogen-bond donors (Lipinski definition) is 5. The number of ether oxygens (including phenoxy) is 2. The molecule has 11 nitrogen and oxygen atoms in total. The van der Waals surface area contributed by atoms with Gasteiger partial charge in [0.25, 0.3) is 0 Å². The van der Waals surface area contributed by atoms with Crippen molar-refractivity contribution in [3.63, 3.8) is 0 Å². The van der Waals surface area contributed by atoms with Crippen LogP contribution in [0.5, 0.6) is 5.75 Å². The highest BCUT2D eigenvalue weighted by Gasteiger charge is 2.31. The summed E-state index contributed by atoms with van der Waals surface area (Å²) in [6.45, 7) is 3.81. The Hall–Kier alpha value is -4.40. The predicted molar refractivity (Wildman–Crippen MR) is 166 cm³/mol. The van der Waals surface area contributed by atoms with Gasteiger partial charge >= 0.3 is 12.1 Å². The van der Waals surface area contributed by atoms with Gasteiger partial charge in [-0.25, -0.2) is 4.79 Å². The third-order valence-corrected chi connectivity index (χ3v) is 7.64. The Morgan fingerprint density at radius 3 is 2.71 bits per heavy atom. The number of aliphatic imine (C=N–C) groups is 1. The molecule has 4 aromatic rings. The molecule has 5 rings (SSSR count). The lowest BCUT2D eigenvalue weighted by atomic mass is 9.96. The highest BCUT2D eigenvalue weighted by atomic mass is 19.4. The number of rotatable bonds is 11. The number of aromatic amines is 1. The quantitative estimate of drug-likeness (QED) is 0.0954. The van der Waals surface area contributed by atoms with E-state index < -0.39 is 12.1 Å². The minimum absolute atomic E-state index is 0.0188. The first-order chi connectivity index (χ1) is 21.4. The fourth-order valence-corrected chi connectivity index (χ4v) is 5.42. The predicted octanol–water partition coefficient (Wildman–Crippen LogP) is 3.64. The van der Waals surface area contributed by atoms with E-state index in [1.807, 2.05) is 31.2 Å². The number of H-pyrrole nitrogens is 1. The second-order valence-corrected chi connectivity index (χ2v) is 11.2. The summed E-state index contributed by atoms with van der Waals surface area (Å²) in [4.78, 5) is 24.2. The lowest BCUT2D eigenvalue weighted by Gasteiger charge is -2.27. The van der Waals surface area contributed by atoms with Gasteiger partial charge in [-0.05, 0) is 86.7 Å². The van der Waals surface area contributed by atoms with Gasteiger partial charge in [0.2, 0.25) is 0 Å². The molecular weight excluding hydrogens is 589 g/mol. The van der Waals surface area contributed by atoms with Crippen molar-refractivity contribution in [3.8, 4) is 22.7 Å². The molecule has 8 N–H and O–H groups in total. The Labute approximate surface area is 257 Å². The molecule has 240 valence electrons. The van der Waals surface area contributed by atoms with Crippen molar-refractivity contribution in [1.29, 1.82) is 0 Å². The van der Waals surface area contributed by atoms with Crippen LogP contribution in [0.2, 0.25) is 0 Å². The van der Waals surface area contributed by atoms with Crippen LogP contribution in [0.25, 0.3) is 28.0 Å². The second-order valence-electron chi connectivity index (χ2n) is 11.2. The molecule has 0 spiro atoms. The van der Waals surface area contributed by atoms with Crippen molar-refractivity contribution in [3.05, 3.63) is 76.3 Å². The average molecular weight is 627 g/mol. The fraction of sp³-hybridized carbons (Fsp3) is 0.387. The van der Waals surface area contributed by atoms with E-state index in [1.165, 1.54) is 16.7 Å². The molecule has 0 unspecified atom stereocenters. The monoisotopic (exact) mass is 626 g/mol. The summed E-state index contributed by atoms with van der Waals surface area (Å²) >= 11 is 0. The SMILES string of the molecule is C[C@H](NCCCN=C(N)N)c1ccc(-n2cc3cc(-c4cc(C[C@H]5C[C@H](N)CCO5)cc(OC(F)(F)F)c4)[nH]c3nc2=O)cc1. The van der Waals surface area contributed by atoms with Crippen molar-refractivity contribution in [2.24, 2.45) is 22.2 Å². The number of aromatic nitrogens is 3. The first-order valence-electron chi connectivity index (χ1n) is 14.7. The topological polar surface area (TPSA) is 172 Å². The molecule has 0 saturated carbocycles. The van der Waals surface area contributed by atoms with Crippen molar-refractivity contribution in [1.82, 2.24) is 19.9 Å². The second kappa shape index (κ2) is 13.7. The summed E-state index contributed by atoms with van der Waals surface area (Å²) in [6.07, 6.45) is -0.908. The molecule has 1 aliphatic rings. The molecule has 0 bridgehead atoms. The maximum atomic E-state index is 13.2. The van der Waals surface area contributed by atoms with Gasteiger partial charge in [0.05, 0.1) is 11.8 Å². The largest absolute Gasteiger partial charge is 0.573 e. The average Bonchev–Trinajstić information content (AvgIpc) is 3.38. The summed E-state index contributed by atoms with van der Waals surface area (Å²) in [7, 11) is 0. The number of halogens is 3. The Morgan fingerprint density at radius 2 is 2.00 bits per heavy atom. The van der Waals surface area contributed by atoms with Crippen LogP contribution < -0.4 is 32.9 Å². The summed E-state index contributed by atoms with van der Waals surface area (Å²) in [5.41, 5.74) is 19.8. The Bertz CT molecular complexity index is 1700. The maximum Gasteiger partial charge on any atom is 0.573 e. The normalized spacial score (nSPS) is 17.7.